The molecule has 0 bridgehead atoms. The van der Waals surface area contributed by atoms with Crippen LogP contribution in [-0.4, -0.2) is 12.1 Å². The van der Waals surface area contributed by atoms with Crippen molar-refractivity contribution in [2.24, 2.45) is 46.3 Å². The predicted molar refractivity (Wildman–Crippen MR) is 184 cm³/mol. The van der Waals surface area contributed by atoms with E-state index in [2.05, 4.69) is 71.0 Å². The summed E-state index contributed by atoms with van der Waals surface area (Å²) in [5.41, 5.74) is 3.10. The Kier molecular flexibility index (Phi) is 7.95. The van der Waals surface area contributed by atoms with Crippen molar-refractivity contribution < 1.29 is 9.53 Å². The molecule has 4 aliphatic rings. The molecule has 234 valence electrons. The molecule has 0 N–H and O–H groups in total. The van der Waals surface area contributed by atoms with Gasteiger partial charge in [-0.15, -0.1) is 0 Å². The first kappa shape index (κ1) is 30.1. The van der Waals surface area contributed by atoms with E-state index < -0.39 is 0 Å². The van der Waals surface area contributed by atoms with Crippen LogP contribution in [0.5, 0.6) is 0 Å². The molecule has 44 heavy (non-hydrogen) atoms. The fraction of sp³-hybridized carbons (Fsp3) is 0.595. The molecule has 2 heteroatoms. The average molecular weight is 591 g/mol. The molecule has 3 saturated carbocycles. The summed E-state index contributed by atoms with van der Waals surface area (Å²) in [6.45, 7) is 12.6. The summed E-state index contributed by atoms with van der Waals surface area (Å²) in [7, 11) is 0. The molecular formula is C42H54O2. The fourth-order valence-corrected chi connectivity index (χ4v) is 11.2. The fourth-order valence-electron chi connectivity index (χ4n) is 11.2. The maximum Gasteiger partial charge on any atom is 0.339 e. The van der Waals surface area contributed by atoms with Gasteiger partial charge in [-0.3, -0.25) is 0 Å². The van der Waals surface area contributed by atoms with Gasteiger partial charge < -0.3 is 4.74 Å². The highest BCUT2D eigenvalue weighted by molar-refractivity contribution is 6.16. The van der Waals surface area contributed by atoms with E-state index in [1.54, 1.807) is 5.57 Å². The van der Waals surface area contributed by atoms with Crippen molar-refractivity contribution in [3.05, 3.63) is 71.8 Å². The summed E-state index contributed by atoms with van der Waals surface area (Å²) in [4.78, 5) is 13.9. The van der Waals surface area contributed by atoms with Crippen molar-refractivity contribution >= 4 is 27.5 Å². The summed E-state index contributed by atoms with van der Waals surface area (Å²) in [6.07, 6.45) is 16.7. The molecular weight excluding hydrogens is 536 g/mol. The molecule has 0 saturated heterocycles. The number of rotatable bonds is 7. The minimum Gasteiger partial charge on any atom is -0.458 e. The number of esters is 1. The Balaban J connectivity index is 1.07. The van der Waals surface area contributed by atoms with Gasteiger partial charge in [0, 0.05) is 6.42 Å². The second-order valence-electron chi connectivity index (χ2n) is 16.3. The lowest BCUT2D eigenvalue weighted by molar-refractivity contribution is -0.0594. The van der Waals surface area contributed by atoms with Crippen LogP contribution < -0.4 is 0 Å². The van der Waals surface area contributed by atoms with Crippen molar-refractivity contribution in [3.8, 4) is 0 Å². The van der Waals surface area contributed by atoms with Crippen LogP contribution in [0.2, 0.25) is 0 Å². The van der Waals surface area contributed by atoms with E-state index in [4.69, 9.17) is 4.74 Å². The van der Waals surface area contributed by atoms with Gasteiger partial charge in [-0.2, -0.15) is 0 Å². The normalized spacial score (nSPS) is 33.9. The zero-order chi connectivity index (χ0) is 30.6. The summed E-state index contributed by atoms with van der Waals surface area (Å²) in [5.74, 6) is 4.92. The minimum atomic E-state index is -0.158. The Morgan fingerprint density at radius 1 is 0.864 bits per heavy atom. The van der Waals surface area contributed by atoms with E-state index in [0.717, 1.165) is 81.9 Å². The maximum absolute atomic E-state index is 13.9. The van der Waals surface area contributed by atoms with Crippen LogP contribution >= 0.6 is 0 Å². The van der Waals surface area contributed by atoms with E-state index in [0.29, 0.717) is 5.41 Å². The lowest BCUT2D eigenvalue weighted by atomic mass is 9.47. The van der Waals surface area contributed by atoms with E-state index in [1.807, 2.05) is 24.3 Å². The van der Waals surface area contributed by atoms with Crippen LogP contribution in [0, 0.1) is 46.3 Å². The van der Waals surface area contributed by atoms with E-state index in [9.17, 15) is 4.79 Å². The largest absolute Gasteiger partial charge is 0.458 e. The Morgan fingerprint density at radius 2 is 1.57 bits per heavy atom. The molecule has 3 fully saturated rings. The highest BCUT2D eigenvalue weighted by atomic mass is 16.5. The zero-order valence-electron chi connectivity index (χ0n) is 27.9. The molecule has 0 aliphatic heterocycles. The standard InChI is InChI=1S/C42H54O2/c1-27(2)11-10-12-28(3)36-19-20-37-35-18-17-31-26-32(21-23-41(31,4)38(35)22-24-42(36,37)5)44-40(43)39-33-15-8-6-13-29(33)25-30-14-7-9-16-34(30)39/h6-9,13-17,25,27-28,32,35-38H,10-12,18-24,26H2,1-5H3/t28-,32?,35?,36-,37?,38?,41+,42-/m1/s1. The number of hydrogen-bond acceptors (Lipinski definition) is 2. The van der Waals surface area contributed by atoms with Crippen molar-refractivity contribution in [1.29, 1.82) is 0 Å². The lowest BCUT2D eigenvalue weighted by Gasteiger charge is -2.58. The van der Waals surface area contributed by atoms with Gasteiger partial charge in [0.1, 0.15) is 6.10 Å². The predicted octanol–water partition coefficient (Wildman–Crippen LogP) is 11.6. The topological polar surface area (TPSA) is 26.3 Å². The minimum absolute atomic E-state index is 0.0347. The average Bonchev–Trinajstić information content (AvgIpc) is 3.37. The molecule has 0 heterocycles. The number of ether oxygens (including phenoxy) is 1. The third kappa shape index (κ3) is 5.03. The lowest BCUT2D eigenvalue weighted by Crippen LogP contribution is -2.51. The number of fused-ring (bicyclic) bond motifs is 7. The van der Waals surface area contributed by atoms with Gasteiger partial charge in [0.15, 0.2) is 0 Å². The number of hydrogen-bond donors (Lipinski definition) is 0. The van der Waals surface area contributed by atoms with E-state index in [-0.39, 0.29) is 17.5 Å². The smallest absolute Gasteiger partial charge is 0.339 e. The van der Waals surface area contributed by atoms with Crippen LogP contribution in [0.15, 0.2) is 66.2 Å². The quantitative estimate of drug-likeness (QED) is 0.155. The van der Waals surface area contributed by atoms with Crippen molar-refractivity contribution in [3.63, 3.8) is 0 Å². The second-order valence-corrected chi connectivity index (χ2v) is 16.3. The Bertz CT molecular complexity index is 1510. The Morgan fingerprint density at radius 3 is 2.27 bits per heavy atom. The first-order chi connectivity index (χ1) is 21.2. The number of benzene rings is 3. The van der Waals surface area contributed by atoms with Crippen LogP contribution in [-0.2, 0) is 4.74 Å². The number of carbonyl (C=O) groups is 1. The molecule has 8 atom stereocenters. The van der Waals surface area contributed by atoms with Gasteiger partial charge in [-0.1, -0.05) is 114 Å². The third-order valence-electron chi connectivity index (χ3n) is 13.5. The zero-order valence-corrected chi connectivity index (χ0v) is 27.9. The van der Waals surface area contributed by atoms with Crippen molar-refractivity contribution in [2.75, 3.05) is 0 Å². The summed E-state index contributed by atoms with van der Waals surface area (Å²) >= 11 is 0. The Labute approximate surface area is 266 Å². The van der Waals surface area contributed by atoms with Crippen LogP contribution in [0.4, 0.5) is 0 Å². The van der Waals surface area contributed by atoms with E-state index in [1.165, 1.54) is 51.4 Å². The summed E-state index contributed by atoms with van der Waals surface area (Å²) in [6, 6.07) is 18.7. The van der Waals surface area contributed by atoms with Gasteiger partial charge in [0.2, 0.25) is 0 Å². The first-order valence-corrected chi connectivity index (χ1v) is 18.0. The van der Waals surface area contributed by atoms with Crippen LogP contribution in [0.25, 0.3) is 21.5 Å². The van der Waals surface area contributed by atoms with Gasteiger partial charge in [-0.05, 0) is 119 Å². The highest BCUT2D eigenvalue weighted by Crippen LogP contribution is 2.67. The van der Waals surface area contributed by atoms with Gasteiger partial charge >= 0.3 is 5.97 Å². The Hall–Kier alpha value is -2.61. The summed E-state index contributed by atoms with van der Waals surface area (Å²) in [5, 5.41) is 4.18. The third-order valence-corrected chi connectivity index (χ3v) is 13.5. The van der Waals surface area contributed by atoms with Gasteiger partial charge in [0.25, 0.3) is 0 Å². The molecule has 2 nitrogen and oxygen atoms in total. The molecule has 0 spiro atoms. The van der Waals surface area contributed by atoms with Crippen molar-refractivity contribution in [1.82, 2.24) is 0 Å². The SMILES string of the molecule is CC(C)CCC[C@@H](C)[C@H]1CCC2C3CC=C4CC(OC(=O)c5c6ccccc6cc6ccccc56)CC[C@]4(C)C3CC[C@@]21C. The molecule has 3 aromatic carbocycles. The van der Waals surface area contributed by atoms with Crippen molar-refractivity contribution in [2.45, 2.75) is 111 Å². The summed E-state index contributed by atoms with van der Waals surface area (Å²) < 4.78 is 6.42. The molecule has 7 rings (SSSR count). The van der Waals surface area contributed by atoms with Crippen LogP contribution in [0.1, 0.15) is 116 Å². The molecule has 4 unspecified atom stereocenters. The monoisotopic (exact) mass is 590 g/mol. The van der Waals surface area contributed by atoms with Gasteiger partial charge in [-0.25, -0.2) is 4.79 Å². The second kappa shape index (κ2) is 11.6. The van der Waals surface area contributed by atoms with E-state index >= 15 is 0 Å². The van der Waals surface area contributed by atoms with Crippen LogP contribution in [0.3, 0.4) is 0 Å². The van der Waals surface area contributed by atoms with Gasteiger partial charge in [0.05, 0.1) is 5.56 Å². The molecule has 0 radical (unpaired) electrons. The number of carbonyl (C=O) groups excluding carboxylic acids is 1. The molecule has 4 aliphatic carbocycles. The highest BCUT2D eigenvalue weighted by Gasteiger charge is 2.59. The number of allylic oxidation sites excluding steroid dienone is 1. The maximum atomic E-state index is 13.9. The molecule has 0 amide bonds. The molecule has 0 aromatic heterocycles. The molecule has 3 aromatic rings. The first-order valence-electron chi connectivity index (χ1n) is 18.0.